The number of allylic oxidation sites excluding steroid dienone is 4. The second kappa shape index (κ2) is 9.85. The van der Waals surface area contributed by atoms with Crippen molar-refractivity contribution >= 4 is 34.9 Å². The molecule has 3 nitrogen and oxygen atoms in total. The van der Waals surface area contributed by atoms with Gasteiger partial charge in [0.2, 0.25) is 0 Å². The zero-order chi connectivity index (χ0) is 25.6. The second-order valence-corrected chi connectivity index (χ2v) is 13.0. The summed E-state index contributed by atoms with van der Waals surface area (Å²) in [5, 5.41) is 1.67. The fourth-order valence-corrected chi connectivity index (χ4v) is 8.38. The molecule has 1 unspecified atom stereocenters. The van der Waals surface area contributed by atoms with Gasteiger partial charge in [0.05, 0.1) is 21.8 Å². The summed E-state index contributed by atoms with van der Waals surface area (Å²) in [5.74, 6) is 0. The molecule has 2 aliphatic heterocycles. The Kier molecular flexibility index (Phi) is 6.54. The van der Waals surface area contributed by atoms with Crippen molar-refractivity contribution < 1.29 is 0 Å². The predicted molar refractivity (Wildman–Crippen MR) is 161 cm³/mol. The third-order valence-corrected chi connectivity index (χ3v) is 9.75. The molecule has 0 spiro atoms. The van der Waals surface area contributed by atoms with E-state index in [1.807, 2.05) is 23.5 Å². The van der Waals surface area contributed by atoms with Crippen molar-refractivity contribution in [1.29, 1.82) is 0 Å². The minimum absolute atomic E-state index is 0.245. The molecule has 0 radical (unpaired) electrons. The minimum atomic E-state index is 0.245. The van der Waals surface area contributed by atoms with Crippen LogP contribution < -0.4 is 9.80 Å². The van der Waals surface area contributed by atoms with Crippen LogP contribution in [-0.4, -0.2) is 23.0 Å². The molecule has 5 heteroatoms. The molecular formula is C32H35N3S2. The summed E-state index contributed by atoms with van der Waals surface area (Å²) in [6, 6.07) is 19.8. The Labute approximate surface area is 229 Å². The van der Waals surface area contributed by atoms with Gasteiger partial charge in [-0.2, -0.15) is 0 Å². The van der Waals surface area contributed by atoms with Crippen molar-refractivity contribution in [3.8, 4) is 5.69 Å². The van der Waals surface area contributed by atoms with Gasteiger partial charge in [-0.3, -0.25) is 0 Å². The maximum Gasteiger partial charge on any atom is 0.0988 e. The summed E-state index contributed by atoms with van der Waals surface area (Å²) < 4.78 is 2.19. The summed E-state index contributed by atoms with van der Waals surface area (Å²) in [4.78, 5) is 7.74. The van der Waals surface area contributed by atoms with Gasteiger partial charge in [0, 0.05) is 41.0 Å². The van der Waals surface area contributed by atoms with E-state index in [9.17, 15) is 0 Å². The smallest absolute Gasteiger partial charge is 0.0988 e. The molecule has 0 saturated carbocycles. The first kappa shape index (κ1) is 24.6. The van der Waals surface area contributed by atoms with Gasteiger partial charge in [-0.1, -0.05) is 55.6 Å². The number of para-hydroxylation sites is 1. The summed E-state index contributed by atoms with van der Waals surface area (Å²) in [5.41, 5.74) is 7.05. The van der Waals surface area contributed by atoms with Gasteiger partial charge >= 0.3 is 0 Å². The van der Waals surface area contributed by atoms with Crippen LogP contribution >= 0.6 is 23.5 Å². The number of fused-ring (bicyclic) bond motifs is 2. The Hall–Kier alpha value is -2.76. The van der Waals surface area contributed by atoms with E-state index in [1.165, 1.54) is 43.0 Å². The number of rotatable bonds is 5. The summed E-state index contributed by atoms with van der Waals surface area (Å²) in [7, 11) is 0. The molecule has 190 valence electrons. The average Bonchev–Trinajstić information content (AvgIpc) is 3.59. The molecule has 3 heterocycles. The quantitative estimate of drug-likeness (QED) is 0.329. The third kappa shape index (κ3) is 4.80. The van der Waals surface area contributed by atoms with E-state index in [0.717, 1.165) is 25.9 Å². The van der Waals surface area contributed by atoms with Gasteiger partial charge in [-0.25, -0.2) is 0 Å². The van der Waals surface area contributed by atoms with E-state index in [4.69, 9.17) is 0 Å². The molecule has 3 aliphatic rings. The van der Waals surface area contributed by atoms with E-state index in [1.54, 1.807) is 0 Å². The summed E-state index contributed by atoms with van der Waals surface area (Å²) >= 11 is 3.89. The molecule has 1 aliphatic carbocycles. The van der Waals surface area contributed by atoms with Gasteiger partial charge in [0.15, 0.2) is 0 Å². The maximum atomic E-state index is 2.55. The van der Waals surface area contributed by atoms with Crippen LogP contribution in [0.2, 0.25) is 0 Å². The fourth-order valence-electron chi connectivity index (χ4n) is 5.84. The van der Waals surface area contributed by atoms with Crippen molar-refractivity contribution in [3.05, 3.63) is 101 Å². The third-order valence-electron chi connectivity index (χ3n) is 7.40. The van der Waals surface area contributed by atoms with Crippen LogP contribution in [0.3, 0.4) is 0 Å². The number of hydrogen-bond donors (Lipinski definition) is 0. The Morgan fingerprint density at radius 2 is 1.73 bits per heavy atom. The zero-order valence-corrected chi connectivity index (χ0v) is 23.8. The number of benzene rings is 2. The highest BCUT2D eigenvalue weighted by Crippen LogP contribution is 2.49. The second-order valence-electron chi connectivity index (χ2n) is 10.8. The molecule has 1 atom stereocenters. The topological polar surface area (TPSA) is 11.4 Å². The molecule has 1 aromatic heterocycles. The van der Waals surface area contributed by atoms with E-state index < -0.39 is 0 Å². The lowest BCUT2D eigenvalue weighted by molar-refractivity contribution is 0.354. The van der Waals surface area contributed by atoms with Gasteiger partial charge < -0.3 is 14.4 Å². The molecule has 0 amide bonds. The first-order valence-electron chi connectivity index (χ1n) is 13.3. The largest absolute Gasteiger partial charge is 0.355 e. The molecule has 3 aromatic rings. The first-order valence-corrected chi connectivity index (χ1v) is 15.0. The van der Waals surface area contributed by atoms with Crippen LogP contribution in [0.4, 0.5) is 11.4 Å². The van der Waals surface area contributed by atoms with Crippen LogP contribution in [0, 0.1) is 5.41 Å². The maximum absolute atomic E-state index is 2.55. The number of nitrogens with zero attached hydrogens (tertiary/aromatic N) is 3. The van der Waals surface area contributed by atoms with Gasteiger partial charge in [0.25, 0.3) is 0 Å². The van der Waals surface area contributed by atoms with Crippen molar-refractivity contribution in [2.75, 3.05) is 22.9 Å². The Bertz CT molecular complexity index is 1400. The Balaban J connectivity index is 1.30. The highest BCUT2D eigenvalue weighted by atomic mass is 32.2. The number of hydrogen-bond acceptors (Lipinski definition) is 4. The summed E-state index contributed by atoms with van der Waals surface area (Å²) in [6.45, 7) is 11.3. The normalized spacial score (nSPS) is 22.5. The molecule has 6 rings (SSSR count). The molecular weight excluding hydrogens is 491 g/mol. The number of anilines is 2. The molecule has 2 aromatic carbocycles. The molecule has 37 heavy (non-hydrogen) atoms. The van der Waals surface area contributed by atoms with Gasteiger partial charge in [-0.05, 0) is 97.9 Å². The standard InChI is InChI=1S/C32H35N3S2/c1-5-34-26-11-7-8-12-28(26)36-30(34)18-23-17-24(22-32(3,4)21-23)19-31-35(6-2)27-20-25(13-14-29(27)37-31)33-15-9-10-16-33/h7-20,31H,5-6,21-22H2,1-4H3/b24-19-,30-18-. The number of thioether (sulfide) groups is 2. The Morgan fingerprint density at radius 3 is 2.51 bits per heavy atom. The molecule has 0 N–H and O–H groups in total. The van der Waals surface area contributed by atoms with E-state index in [2.05, 4.69) is 127 Å². The lowest BCUT2D eigenvalue weighted by atomic mass is 9.75. The molecule has 0 bridgehead atoms. The van der Waals surface area contributed by atoms with Crippen LogP contribution in [-0.2, 0) is 0 Å². The van der Waals surface area contributed by atoms with Crippen LogP contribution in [0.5, 0.6) is 0 Å². The Morgan fingerprint density at radius 1 is 0.919 bits per heavy atom. The average molecular weight is 526 g/mol. The van der Waals surface area contributed by atoms with Crippen LogP contribution in [0.25, 0.3) is 5.69 Å². The predicted octanol–water partition coefficient (Wildman–Crippen LogP) is 8.88. The van der Waals surface area contributed by atoms with Crippen molar-refractivity contribution in [3.63, 3.8) is 0 Å². The van der Waals surface area contributed by atoms with E-state index in [-0.39, 0.29) is 5.41 Å². The van der Waals surface area contributed by atoms with Crippen LogP contribution in [0.15, 0.2) is 111 Å². The molecule has 0 fully saturated rings. The molecule has 0 saturated heterocycles. The van der Waals surface area contributed by atoms with E-state index >= 15 is 0 Å². The lowest BCUT2D eigenvalue weighted by Gasteiger charge is -2.32. The SMILES string of the molecule is CCN1/C(=C/C2=CC(=C/C3Sc4ccc(-n5cccc5)cc4N3CC)/CC(C)(C)C2)Sc2ccccc21. The lowest BCUT2D eigenvalue weighted by Crippen LogP contribution is -2.28. The van der Waals surface area contributed by atoms with Gasteiger partial charge in [-0.15, -0.1) is 0 Å². The zero-order valence-electron chi connectivity index (χ0n) is 22.1. The monoisotopic (exact) mass is 525 g/mol. The van der Waals surface area contributed by atoms with Crippen LogP contribution in [0.1, 0.15) is 40.5 Å². The summed E-state index contributed by atoms with van der Waals surface area (Å²) in [6.07, 6.45) is 13.9. The number of likely N-dealkylation sites (N-methyl/N-ethyl adjacent to an activating group) is 1. The highest BCUT2D eigenvalue weighted by molar-refractivity contribution is 8.03. The highest BCUT2D eigenvalue weighted by Gasteiger charge is 2.31. The fraction of sp³-hybridized carbons (Fsp3) is 0.312. The van der Waals surface area contributed by atoms with Crippen molar-refractivity contribution in [1.82, 2.24) is 4.57 Å². The number of aromatic nitrogens is 1. The van der Waals surface area contributed by atoms with E-state index in [0.29, 0.717) is 5.37 Å². The first-order chi connectivity index (χ1) is 17.9. The van der Waals surface area contributed by atoms with Gasteiger partial charge in [0.1, 0.15) is 0 Å². The minimum Gasteiger partial charge on any atom is -0.355 e. The van der Waals surface area contributed by atoms with Crippen molar-refractivity contribution in [2.24, 2.45) is 5.41 Å². The van der Waals surface area contributed by atoms with Crippen molar-refractivity contribution in [2.45, 2.75) is 55.7 Å².